The normalized spacial score (nSPS) is 12.2. The molecule has 1 atom stereocenters. The molecule has 0 aromatic carbocycles. The number of methoxy groups -OCH3 is 1. The molecule has 0 bridgehead atoms. The van der Waals surface area contributed by atoms with Crippen LogP contribution in [0.2, 0.25) is 0 Å². The Morgan fingerprint density at radius 1 is 1.28 bits per heavy atom. The van der Waals surface area contributed by atoms with Gasteiger partial charge in [-0.15, -0.1) is 35.3 Å². The summed E-state index contributed by atoms with van der Waals surface area (Å²) < 4.78 is 4.63. The molecule has 0 saturated heterocycles. The summed E-state index contributed by atoms with van der Waals surface area (Å²) in [6, 6.07) is 4.71. The number of carbonyl (C=O) groups is 1. The number of esters is 1. The Morgan fingerprint density at radius 2 is 2.00 bits per heavy atom. The number of hydrogen-bond acceptors (Lipinski definition) is 4. The molecule has 0 aliphatic carbocycles. The number of carbonyl (C=O) groups excluding carboxylic acids is 1. The molecular weight excluding hydrogens is 449 g/mol. The van der Waals surface area contributed by atoms with Gasteiger partial charge in [0.2, 0.25) is 0 Å². The van der Waals surface area contributed by atoms with E-state index in [4.69, 9.17) is 0 Å². The maximum absolute atomic E-state index is 11.0. The van der Waals surface area contributed by atoms with Gasteiger partial charge in [0.25, 0.3) is 0 Å². The van der Waals surface area contributed by atoms with Gasteiger partial charge >= 0.3 is 5.97 Å². The van der Waals surface area contributed by atoms with Crippen molar-refractivity contribution < 1.29 is 9.53 Å². The third kappa shape index (κ3) is 11.4. The predicted molar refractivity (Wildman–Crippen MR) is 117 cm³/mol. The van der Waals surface area contributed by atoms with Crippen LogP contribution < -0.4 is 10.6 Å². The lowest BCUT2D eigenvalue weighted by molar-refractivity contribution is -0.140. The highest BCUT2D eigenvalue weighted by atomic mass is 127. The van der Waals surface area contributed by atoms with Crippen molar-refractivity contribution in [2.75, 3.05) is 20.7 Å². The average molecular weight is 481 g/mol. The largest absolute Gasteiger partial charge is 0.469 e. The fourth-order valence-corrected chi connectivity index (χ4v) is 3.45. The van der Waals surface area contributed by atoms with E-state index in [0.29, 0.717) is 12.5 Å². The van der Waals surface area contributed by atoms with Crippen molar-refractivity contribution >= 4 is 47.2 Å². The van der Waals surface area contributed by atoms with E-state index in [0.717, 1.165) is 44.6 Å². The third-order valence-corrected chi connectivity index (χ3v) is 4.76. The Labute approximate surface area is 173 Å². The lowest BCUT2D eigenvalue weighted by Crippen LogP contribution is -2.43. The van der Waals surface area contributed by atoms with Gasteiger partial charge in [-0.05, 0) is 38.8 Å². The van der Waals surface area contributed by atoms with E-state index in [1.165, 1.54) is 16.9 Å². The topological polar surface area (TPSA) is 62.7 Å². The number of nitrogens with one attached hydrogen (secondary N) is 2. The van der Waals surface area contributed by atoms with Gasteiger partial charge in [-0.25, -0.2) is 0 Å². The van der Waals surface area contributed by atoms with Crippen molar-refractivity contribution in [3.8, 4) is 0 Å². The van der Waals surface area contributed by atoms with Crippen LogP contribution in [0.1, 0.15) is 48.8 Å². The van der Waals surface area contributed by atoms with Crippen LogP contribution in [0.5, 0.6) is 0 Å². The minimum Gasteiger partial charge on any atom is -0.469 e. The summed E-state index contributed by atoms with van der Waals surface area (Å²) in [5, 5.41) is 6.79. The molecule has 1 heterocycles. The zero-order valence-corrected chi connectivity index (χ0v) is 18.9. The summed E-state index contributed by atoms with van der Waals surface area (Å²) >= 11 is 1.85. The van der Waals surface area contributed by atoms with Gasteiger partial charge in [0.05, 0.1) is 7.11 Å². The highest BCUT2D eigenvalue weighted by Gasteiger charge is 2.07. The first-order valence-electron chi connectivity index (χ1n) is 8.64. The second-order valence-electron chi connectivity index (χ2n) is 6.00. The fourth-order valence-electron chi connectivity index (χ4n) is 2.43. The number of halogens is 1. The van der Waals surface area contributed by atoms with Gasteiger partial charge in [-0.2, -0.15) is 0 Å². The van der Waals surface area contributed by atoms with Crippen molar-refractivity contribution in [3.63, 3.8) is 0 Å². The predicted octanol–water partition coefficient (Wildman–Crippen LogP) is 3.89. The number of nitrogens with zero attached hydrogens (tertiary/aromatic N) is 1. The van der Waals surface area contributed by atoms with Crippen molar-refractivity contribution in [2.24, 2.45) is 4.99 Å². The van der Waals surface area contributed by atoms with E-state index < -0.39 is 0 Å². The molecule has 1 rings (SSSR count). The average Bonchev–Trinajstić information content (AvgIpc) is 2.97. The zero-order chi connectivity index (χ0) is 17.8. The van der Waals surface area contributed by atoms with Crippen LogP contribution in [0.4, 0.5) is 0 Å². The molecule has 144 valence electrons. The summed E-state index contributed by atoms with van der Waals surface area (Å²) in [4.78, 5) is 18.0. The molecule has 2 N–H and O–H groups in total. The van der Waals surface area contributed by atoms with Gasteiger partial charge in [0.1, 0.15) is 0 Å². The molecule has 1 unspecified atom stereocenters. The number of aryl methyl sites for hydroxylation is 1. The van der Waals surface area contributed by atoms with Crippen molar-refractivity contribution in [1.29, 1.82) is 0 Å². The summed E-state index contributed by atoms with van der Waals surface area (Å²) in [5.74, 6) is 0.734. The number of ether oxygens (including phenoxy) is 1. The van der Waals surface area contributed by atoms with Crippen LogP contribution >= 0.6 is 35.3 Å². The maximum Gasteiger partial charge on any atom is 0.305 e. The first-order chi connectivity index (χ1) is 11.5. The van der Waals surface area contributed by atoms with Gasteiger partial charge in [0, 0.05) is 42.2 Å². The summed E-state index contributed by atoms with van der Waals surface area (Å²) in [5.41, 5.74) is 0. The maximum atomic E-state index is 11.0. The van der Waals surface area contributed by atoms with Gasteiger partial charge in [-0.1, -0.05) is 12.8 Å². The second kappa shape index (κ2) is 14.4. The zero-order valence-electron chi connectivity index (χ0n) is 15.8. The number of thiophene rings is 1. The molecule has 5 nitrogen and oxygen atoms in total. The highest BCUT2D eigenvalue weighted by Crippen LogP contribution is 2.16. The standard InChI is InChI=1S/C18H31N3O2S.HI/c1-14(13-16-11-10-15(2)24-16)21-18(19-3)20-12-8-6-5-7-9-17(22)23-4;/h10-11,14H,5-9,12-13H2,1-4H3,(H2,19,20,21);1H. The number of guanidine groups is 1. The van der Waals surface area contributed by atoms with Crippen LogP contribution in [0.15, 0.2) is 17.1 Å². The Morgan fingerprint density at radius 3 is 2.60 bits per heavy atom. The molecule has 0 radical (unpaired) electrons. The van der Waals surface area contributed by atoms with E-state index in [-0.39, 0.29) is 29.9 Å². The molecule has 0 amide bonds. The summed E-state index contributed by atoms with van der Waals surface area (Å²) in [6.45, 7) is 5.20. The molecule has 0 aliphatic rings. The highest BCUT2D eigenvalue weighted by molar-refractivity contribution is 14.0. The number of hydrogen-bond donors (Lipinski definition) is 2. The van der Waals surface area contributed by atoms with Crippen LogP contribution in [-0.4, -0.2) is 38.7 Å². The minimum absolute atomic E-state index is 0. The Bertz CT molecular complexity index is 520. The van der Waals surface area contributed by atoms with Crippen LogP contribution in [-0.2, 0) is 16.0 Å². The van der Waals surface area contributed by atoms with Crippen LogP contribution in [0.25, 0.3) is 0 Å². The molecule has 0 saturated carbocycles. The molecule has 1 aromatic rings. The second-order valence-corrected chi connectivity index (χ2v) is 7.37. The monoisotopic (exact) mass is 481 g/mol. The van der Waals surface area contributed by atoms with E-state index in [1.54, 1.807) is 7.05 Å². The van der Waals surface area contributed by atoms with E-state index in [9.17, 15) is 4.79 Å². The molecule has 7 heteroatoms. The van der Waals surface area contributed by atoms with E-state index in [2.05, 4.69) is 46.3 Å². The molecule has 1 aromatic heterocycles. The Hall–Kier alpha value is -0.830. The first kappa shape index (κ1) is 24.2. The lowest BCUT2D eigenvalue weighted by Gasteiger charge is -2.17. The quantitative estimate of drug-likeness (QED) is 0.175. The third-order valence-electron chi connectivity index (χ3n) is 3.74. The molecule has 25 heavy (non-hydrogen) atoms. The number of unbranched alkanes of at least 4 members (excludes halogenated alkanes) is 3. The van der Waals surface area contributed by atoms with Crippen LogP contribution in [0.3, 0.4) is 0 Å². The summed E-state index contributed by atoms with van der Waals surface area (Å²) in [6.07, 6.45) is 5.65. The number of rotatable bonds is 10. The Kier molecular flexibility index (Phi) is 13.9. The molecule has 0 fully saturated rings. The Balaban J connectivity index is 0.00000576. The van der Waals surface area contributed by atoms with Crippen LogP contribution in [0, 0.1) is 6.92 Å². The first-order valence-corrected chi connectivity index (χ1v) is 9.46. The van der Waals surface area contributed by atoms with Gasteiger partial charge in [-0.3, -0.25) is 9.79 Å². The van der Waals surface area contributed by atoms with E-state index >= 15 is 0 Å². The molecule has 0 aliphatic heterocycles. The van der Waals surface area contributed by atoms with Crippen molar-refractivity contribution in [1.82, 2.24) is 10.6 Å². The van der Waals surface area contributed by atoms with Gasteiger partial charge < -0.3 is 15.4 Å². The SMILES string of the molecule is CN=C(NCCCCCCC(=O)OC)NC(C)Cc1ccc(C)s1.I. The molecular formula is C18H32IN3O2S. The van der Waals surface area contributed by atoms with Crippen molar-refractivity contribution in [2.45, 2.75) is 58.4 Å². The lowest BCUT2D eigenvalue weighted by atomic mass is 10.1. The van der Waals surface area contributed by atoms with Crippen molar-refractivity contribution in [3.05, 3.63) is 21.9 Å². The minimum atomic E-state index is -0.118. The molecule has 0 spiro atoms. The fraction of sp³-hybridized carbons (Fsp3) is 0.667. The smallest absolute Gasteiger partial charge is 0.305 e. The number of aliphatic imine (C=N–C) groups is 1. The summed E-state index contributed by atoms with van der Waals surface area (Å²) in [7, 11) is 3.24. The van der Waals surface area contributed by atoms with Gasteiger partial charge in [0.15, 0.2) is 5.96 Å². The van der Waals surface area contributed by atoms with E-state index in [1.807, 2.05) is 11.3 Å².